The molecule has 1 aliphatic rings. The van der Waals surface area contributed by atoms with Crippen LogP contribution in [-0.4, -0.2) is 6.61 Å². The van der Waals surface area contributed by atoms with Crippen molar-refractivity contribution in [2.75, 3.05) is 6.61 Å². The van der Waals surface area contributed by atoms with E-state index >= 15 is 4.39 Å². The van der Waals surface area contributed by atoms with Gasteiger partial charge in [0.25, 0.3) is 0 Å². The highest BCUT2D eigenvalue weighted by atomic mass is 19.1. The molecule has 2 atom stereocenters. The normalized spacial score (nSPS) is 17.6. The van der Waals surface area contributed by atoms with E-state index in [0.29, 0.717) is 12.2 Å². The Bertz CT molecular complexity index is 1190. The number of fused-ring (bicyclic) bond motifs is 1. The van der Waals surface area contributed by atoms with Gasteiger partial charge in [-0.05, 0) is 96.8 Å². The molecule has 3 aromatic carbocycles. The van der Waals surface area contributed by atoms with Crippen LogP contribution < -0.4 is 4.74 Å². The highest BCUT2D eigenvalue weighted by molar-refractivity contribution is 5.57. The van der Waals surface area contributed by atoms with Gasteiger partial charge >= 0.3 is 0 Å². The van der Waals surface area contributed by atoms with Crippen LogP contribution in [0.25, 0.3) is 0 Å². The third-order valence-electron chi connectivity index (χ3n) is 7.30. The van der Waals surface area contributed by atoms with Crippen molar-refractivity contribution >= 4 is 5.69 Å². The quantitative estimate of drug-likeness (QED) is 0.398. The number of nitroso groups, excluding NO2 is 1. The van der Waals surface area contributed by atoms with Gasteiger partial charge < -0.3 is 4.74 Å². The summed E-state index contributed by atoms with van der Waals surface area (Å²) >= 11 is 0. The van der Waals surface area contributed by atoms with Crippen LogP contribution in [0.2, 0.25) is 0 Å². The summed E-state index contributed by atoms with van der Waals surface area (Å²) in [6.07, 6.45) is 0.899. The second kappa shape index (κ2) is 8.50. The van der Waals surface area contributed by atoms with Gasteiger partial charge in [0.1, 0.15) is 17.3 Å². The van der Waals surface area contributed by atoms with E-state index in [0.717, 1.165) is 28.9 Å². The summed E-state index contributed by atoms with van der Waals surface area (Å²) in [5.41, 5.74) is 10.2. The SMILES string of the molecule is CCc1cc2c(c(C)c1C)OCC(c1cc(C)c(C)c(C)c1)C2c1ccc(N=O)cc1F. The smallest absolute Gasteiger partial charge is 0.129 e. The third-order valence-corrected chi connectivity index (χ3v) is 7.30. The monoisotopic (exact) mass is 431 g/mol. The van der Waals surface area contributed by atoms with Gasteiger partial charge in [0, 0.05) is 23.5 Å². The van der Waals surface area contributed by atoms with Crippen LogP contribution in [0.1, 0.15) is 68.8 Å². The molecule has 0 saturated heterocycles. The average Bonchev–Trinajstić information content (AvgIpc) is 2.78. The number of rotatable bonds is 4. The molecule has 1 aliphatic heterocycles. The molecule has 0 fully saturated rings. The van der Waals surface area contributed by atoms with E-state index in [9.17, 15) is 4.91 Å². The molecule has 4 heteroatoms. The Morgan fingerprint density at radius 2 is 1.62 bits per heavy atom. The Hall–Kier alpha value is -3.01. The van der Waals surface area contributed by atoms with Crippen LogP contribution >= 0.6 is 0 Å². The van der Waals surface area contributed by atoms with Gasteiger partial charge in [0.2, 0.25) is 0 Å². The van der Waals surface area contributed by atoms with Crippen LogP contribution in [0.3, 0.4) is 0 Å². The molecule has 0 radical (unpaired) electrons. The standard InChI is InChI=1S/C28H30FNO2/c1-7-20-12-24-27(23-9-8-22(30-31)13-26(23)29)25(14-32-28(24)19(6)18(20)5)21-10-15(2)17(4)16(3)11-21/h8-13,25,27H,7,14H2,1-6H3. The van der Waals surface area contributed by atoms with Crippen molar-refractivity contribution in [2.45, 2.75) is 59.8 Å². The van der Waals surface area contributed by atoms with Crippen LogP contribution in [0.4, 0.5) is 10.1 Å². The zero-order valence-corrected chi connectivity index (χ0v) is 19.7. The van der Waals surface area contributed by atoms with Crippen molar-refractivity contribution in [1.29, 1.82) is 0 Å². The molecule has 0 bridgehead atoms. The highest BCUT2D eigenvalue weighted by Gasteiger charge is 2.37. The van der Waals surface area contributed by atoms with E-state index < -0.39 is 5.82 Å². The fourth-order valence-electron chi connectivity index (χ4n) is 5.05. The first-order valence-electron chi connectivity index (χ1n) is 11.2. The lowest BCUT2D eigenvalue weighted by Gasteiger charge is -2.37. The minimum absolute atomic E-state index is 0.0446. The molecular formula is C28H30FNO2. The summed E-state index contributed by atoms with van der Waals surface area (Å²) in [7, 11) is 0. The lowest BCUT2D eigenvalue weighted by Crippen LogP contribution is -2.27. The van der Waals surface area contributed by atoms with Gasteiger partial charge in [0.05, 0.1) is 6.61 Å². The summed E-state index contributed by atoms with van der Waals surface area (Å²) < 4.78 is 21.7. The maximum Gasteiger partial charge on any atom is 0.129 e. The first-order valence-corrected chi connectivity index (χ1v) is 11.2. The van der Waals surface area contributed by atoms with Crippen molar-refractivity contribution in [3.05, 3.63) is 97.2 Å². The molecule has 0 N–H and O–H groups in total. The minimum Gasteiger partial charge on any atom is -0.492 e. The van der Waals surface area contributed by atoms with Gasteiger partial charge in [0.15, 0.2) is 0 Å². The number of halogens is 1. The highest BCUT2D eigenvalue weighted by Crippen LogP contribution is 2.49. The topological polar surface area (TPSA) is 38.7 Å². The molecule has 166 valence electrons. The number of nitrogens with zero attached hydrogens (tertiary/aromatic N) is 1. The van der Waals surface area contributed by atoms with Gasteiger partial charge in [-0.3, -0.25) is 0 Å². The van der Waals surface area contributed by atoms with Gasteiger partial charge in [-0.1, -0.05) is 31.2 Å². The maximum absolute atomic E-state index is 15.3. The fraction of sp³-hybridized carbons (Fsp3) is 0.357. The second-order valence-corrected chi connectivity index (χ2v) is 9.03. The van der Waals surface area contributed by atoms with Crippen LogP contribution in [0, 0.1) is 45.3 Å². The van der Waals surface area contributed by atoms with Crippen LogP contribution in [0.5, 0.6) is 5.75 Å². The number of hydrogen-bond donors (Lipinski definition) is 0. The zero-order valence-electron chi connectivity index (χ0n) is 19.7. The summed E-state index contributed by atoms with van der Waals surface area (Å²) in [5, 5.41) is 2.91. The van der Waals surface area contributed by atoms with E-state index in [1.807, 2.05) is 0 Å². The van der Waals surface area contributed by atoms with E-state index in [1.54, 1.807) is 12.1 Å². The van der Waals surface area contributed by atoms with Crippen molar-refractivity contribution in [3.63, 3.8) is 0 Å². The first-order chi connectivity index (χ1) is 15.3. The molecule has 0 amide bonds. The Morgan fingerprint density at radius 1 is 0.938 bits per heavy atom. The first kappa shape index (κ1) is 22.2. The van der Waals surface area contributed by atoms with Crippen molar-refractivity contribution in [2.24, 2.45) is 5.18 Å². The van der Waals surface area contributed by atoms with E-state index in [2.05, 4.69) is 64.9 Å². The largest absolute Gasteiger partial charge is 0.492 e. The summed E-state index contributed by atoms with van der Waals surface area (Å²) in [6, 6.07) is 11.2. The summed E-state index contributed by atoms with van der Waals surface area (Å²) in [5.74, 6) is 0.197. The average molecular weight is 432 g/mol. The fourth-order valence-corrected chi connectivity index (χ4v) is 5.05. The molecule has 0 spiro atoms. The number of ether oxygens (including phenoxy) is 1. The molecule has 4 rings (SSSR count). The molecule has 1 heterocycles. The number of hydrogen-bond acceptors (Lipinski definition) is 3. The lowest BCUT2D eigenvalue weighted by molar-refractivity contribution is 0.245. The van der Waals surface area contributed by atoms with E-state index in [-0.39, 0.29) is 17.5 Å². The maximum atomic E-state index is 15.3. The van der Waals surface area contributed by atoms with Crippen molar-refractivity contribution < 1.29 is 9.13 Å². The van der Waals surface area contributed by atoms with Crippen molar-refractivity contribution in [1.82, 2.24) is 0 Å². The molecule has 0 aromatic heterocycles. The second-order valence-electron chi connectivity index (χ2n) is 9.03. The Balaban J connectivity index is 1.98. The molecule has 3 aromatic rings. The molecule has 3 nitrogen and oxygen atoms in total. The third kappa shape index (κ3) is 3.62. The Morgan fingerprint density at radius 3 is 2.22 bits per heavy atom. The summed E-state index contributed by atoms with van der Waals surface area (Å²) in [4.78, 5) is 11.0. The minimum atomic E-state index is -0.401. The van der Waals surface area contributed by atoms with Crippen LogP contribution in [0.15, 0.2) is 41.6 Å². The molecule has 0 aliphatic carbocycles. The Kier molecular flexibility index (Phi) is 5.89. The number of benzene rings is 3. The summed E-state index contributed by atoms with van der Waals surface area (Å²) in [6.45, 7) is 13.2. The lowest BCUT2D eigenvalue weighted by atomic mass is 9.73. The van der Waals surface area contributed by atoms with Crippen molar-refractivity contribution in [3.8, 4) is 5.75 Å². The zero-order chi connectivity index (χ0) is 23.2. The van der Waals surface area contributed by atoms with Crippen LogP contribution in [-0.2, 0) is 6.42 Å². The van der Waals surface area contributed by atoms with Gasteiger partial charge in [-0.15, -0.1) is 4.91 Å². The predicted molar refractivity (Wildman–Crippen MR) is 128 cm³/mol. The molecule has 2 unspecified atom stereocenters. The predicted octanol–water partition coefficient (Wildman–Crippen LogP) is 7.64. The molecule has 32 heavy (non-hydrogen) atoms. The Labute approximate surface area is 189 Å². The number of aryl methyl sites for hydroxylation is 3. The van der Waals surface area contributed by atoms with Gasteiger partial charge in [-0.2, -0.15) is 0 Å². The van der Waals surface area contributed by atoms with E-state index in [1.165, 1.54) is 33.9 Å². The molecule has 0 saturated carbocycles. The van der Waals surface area contributed by atoms with Gasteiger partial charge in [-0.25, -0.2) is 4.39 Å². The molecular weight excluding hydrogens is 401 g/mol. The van der Waals surface area contributed by atoms with E-state index in [4.69, 9.17) is 4.74 Å².